The van der Waals surface area contributed by atoms with E-state index < -0.39 is 12.1 Å². The highest BCUT2D eigenvalue weighted by Crippen LogP contribution is 2.13. The Morgan fingerprint density at radius 2 is 1.08 bits per heavy atom. The lowest BCUT2D eigenvalue weighted by Crippen LogP contribution is -2.67. The number of piperazine rings is 1. The van der Waals surface area contributed by atoms with Crippen molar-refractivity contribution < 1.29 is 19.8 Å². The predicted molar refractivity (Wildman–Crippen MR) is 87.2 cm³/mol. The summed E-state index contributed by atoms with van der Waals surface area (Å²) in [6.45, 7) is 3.99. The van der Waals surface area contributed by atoms with E-state index in [0.29, 0.717) is 38.8 Å². The van der Waals surface area contributed by atoms with Crippen molar-refractivity contribution in [3.8, 4) is 0 Å². The monoisotopic (exact) mass is 340 g/mol. The highest BCUT2D eigenvalue weighted by Gasteiger charge is 2.36. The van der Waals surface area contributed by atoms with Crippen LogP contribution in [-0.4, -0.2) is 95.4 Å². The molecular formula is C16H28N4O4. The molecule has 0 aromatic carbocycles. The minimum atomic E-state index is -0.521. The second-order valence-electron chi connectivity index (χ2n) is 7.19. The van der Waals surface area contributed by atoms with Crippen LogP contribution in [0, 0.1) is 0 Å². The summed E-state index contributed by atoms with van der Waals surface area (Å²) in [5, 5.41) is 24.8. The smallest absolute Gasteiger partial charge is 0.244 e. The SMILES string of the molecule is O=C1N[C@@H](CN2CCC(O)CC2)C(=O)N[C@H]1CN1CCC(O)CC1. The van der Waals surface area contributed by atoms with Gasteiger partial charge in [0.1, 0.15) is 12.1 Å². The summed E-state index contributed by atoms with van der Waals surface area (Å²) in [6.07, 6.45) is 2.36. The van der Waals surface area contributed by atoms with Crippen molar-refractivity contribution in [1.29, 1.82) is 0 Å². The van der Waals surface area contributed by atoms with E-state index in [0.717, 1.165) is 26.2 Å². The summed E-state index contributed by atoms with van der Waals surface area (Å²) in [5.74, 6) is -0.273. The van der Waals surface area contributed by atoms with Crippen molar-refractivity contribution in [1.82, 2.24) is 20.4 Å². The molecule has 4 N–H and O–H groups in total. The molecule has 24 heavy (non-hydrogen) atoms. The van der Waals surface area contributed by atoms with Gasteiger partial charge in [-0.2, -0.15) is 0 Å². The van der Waals surface area contributed by atoms with Crippen molar-refractivity contribution in [2.24, 2.45) is 0 Å². The lowest BCUT2D eigenvalue weighted by Gasteiger charge is -2.37. The molecule has 8 heteroatoms. The second kappa shape index (κ2) is 7.77. The predicted octanol–water partition coefficient (Wildman–Crippen LogP) is -2.12. The molecule has 0 aromatic heterocycles. The lowest BCUT2D eigenvalue weighted by molar-refractivity contribution is -0.138. The molecule has 0 unspecified atom stereocenters. The molecule has 3 aliphatic heterocycles. The molecule has 3 fully saturated rings. The Bertz CT molecular complexity index is 417. The number of nitrogens with one attached hydrogen (secondary N) is 2. The van der Waals surface area contributed by atoms with Crippen LogP contribution in [0.2, 0.25) is 0 Å². The van der Waals surface area contributed by atoms with Crippen LogP contribution >= 0.6 is 0 Å². The Morgan fingerprint density at radius 3 is 1.42 bits per heavy atom. The first-order valence-electron chi connectivity index (χ1n) is 8.93. The minimum Gasteiger partial charge on any atom is -0.393 e. The summed E-state index contributed by atoms with van der Waals surface area (Å²) in [4.78, 5) is 28.9. The van der Waals surface area contributed by atoms with E-state index in [9.17, 15) is 19.8 Å². The Hall–Kier alpha value is -1.22. The number of amides is 2. The fourth-order valence-corrected chi connectivity index (χ4v) is 3.65. The van der Waals surface area contributed by atoms with Gasteiger partial charge in [0, 0.05) is 39.3 Å². The van der Waals surface area contributed by atoms with Crippen molar-refractivity contribution in [2.45, 2.75) is 50.0 Å². The molecule has 3 rings (SSSR count). The molecule has 136 valence electrons. The van der Waals surface area contributed by atoms with Gasteiger partial charge in [0.15, 0.2) is 0 Å². The van der Waals surface area contributed by atoms with Gasteiger partial charge in [-0.05, 0) is 25.7 Å². The van der Waals surface area contributed by atoms with Crippen LogP contribution in [-0.2, 0) is 9.59 Å². The number of aliphatic hydroxyl groups is 2. The van der Waals surface area contributed by atoms with Crippen LogP contribution in [0.4, 0.5) is 0 Å². The number of piperidine rings is 2. The van der Waals surface area contributed by atoms with Gasteiger partial charge in [-0.15, -0.1) is 0 Å². The van der Waals surface area contributed by atoms with E-state index in [-0.39, 0.29) is 24.0 Å². The summed E-state index contributed by atoms with van der Waals surface area (Å²) in [5.41, 5.74) is 0. The van der Waals surface area contributed by atoms with Crippen LogP contribution in [0.15, 0.2) is 0 Å². The zero-order valence-electron chi connectivity index (χ0n) is 14.0. The average Bonchev–Trinajstić information content (AvgIpc) is 2.56. The van der Waals surface area contributed by atoms with Gasteiger partial charge in [0.25, 0.3) is 0 Å². The number of hydrogen-bond acceptors (Lipinski definition) is 6. The summed E-state index contributed by atoms with van der Waals surface area (Å²) < 4.78 is 0. The molecule has 2 atom stereocenters. The molecule has 3 saturated heterocycles. The first-order chi connectivity index (χ1) is 11.5. The van der Waals surface area contributed by atoms with Gasteiger partial charge in [-0.1, -0.05) is 0 Å². The van der Waals surface area contributed by atoms with Crippen LogP contribution in [0.3, 0.4) is 0 Å². The fourth-order valence-electron chi connectivity index (χ4n) is 3.65. The maximum Gasteiger partial charge on any atom is 0.244 e. The molecule has 2 amide bonds. The lowest BCUT2D eigenvalue weighted by atomic mass is 10.0. The largest absolute Gasteiger partial charge is 0.393 e. The van der Waals surface area contributed by atoms with E-state index in [1.165, 1.54) is 0 Å². The van der Waals surface area contributed by atoms with E-state index in [1.54, 1.807) is 0 Å². The average molecular weight is 340 g/mol. The van der Waals surface area contributed by atoms with E-state index >= 15 is 0 Å². The van der Waals surface area contributed by atoms with Gasteiger partial charge in [-0.25, -0.2) is 0 Å². The van der Waals surface area contributed by atoms with Gasteiger partial charge < -0.3 is 30.6 Å². The summed E-state index contributed by atoms with van der Waals surface area (Å²) in [6, 6.07) is -1.04. The maximum absolute atomic E-state index is 12.3. The number of carbonyl (C=O) groups excluding carboxylic acids is 2. The number of aliphatic hydroxyl groups excluding tert-OH is 2. The molecule has 3 aliphatic rings. The van der Waals surface area contributed by atoms with Gasteiger partial charge in [0.2, 0.25) is 11.8 Å². The Labute approximate surface area is 142 Å². The van der Waals surface area contributed by atoms with Gasteiger partial charge in [0.05, 0.1) is 12.2 Å². The molecule has 0 saturated carbocycles. The number of rotatable bonds is 4. The Morgan fingerprint density at radius 1 is 0.750 bits per heavy atom. The third-order valence-corrected chi connectivity index (χ3v) is 5.26. The third-order valence-electron chi connectivity index (χ3n) is 5.26. The zero-order valence-corrected chi connectivity index (χ0v) is 14.0. The molecule has 3 heterocycles. The van der Waals surface area contributed by atoms with Crippen LogP contribution < -0.4 is 10.6 Å². The van der Waals surface area contributed by atoms with Crippen LogP contribution in [0.5, 0.6) is 0 Å². The summed E-state index contributed by atoms with van der Waals surface area (Å²) in [7, 11) is 0. The van der Waals surface area contributed by atoms with Crippen LogP contribution in [0.1, 0.15) is 25.7 Å². The first kappa shape index (κ1) is 17.6. The van der Waals surface area contributed by atoms with Gasteiger partial charge in [-0.3, -0.25) is 9.59 Å². The molecule has 0 aliphatic carbocycles. The number of carbonyl (C=O) groups is 2. The molecule has 0 radical (unpaired) electrons. The molecule has 0 spiro atoms. The quantitative estimate of drug-likeness (QED) is 0.467. The van der Waals surface area contributed by atoms with E-state index in [4.69, 9.17) is 0 Å². The molecule has 0 aromatic rings. The number of hydrogen-bond donors (Lipinski definition) is 4. The Kier molecular flexibility index (Phi) is 5.70. The minimum absolute atomic E-state index is 0.136. The van der Waals surface area contributed by atoms with Crippen molar-refractivity contribution >= 4 is 11.8 Å². The van der Waals surface area contributed by atoms with E-state index in [2.05, 4.69) is 20.4 Å². The van der Waals surface area contributed by atoms with Crippen molar-refractivity contribution in [3.63, 3.8) is 0 Å². The fraction of sp³-hybridized carbons (Fsp3) is 0.875. The Balaban J connectivity index is 1.47. The number of likely N-dealkylation sites (tertiary alicyclic amines) is 2. The molecule has 8 nitrogen and oxygen atoms in total. The highest BCUT2D eigenvalue weighted by atomic mass is 16.3. The maximum atomic E-state index is 12.3. The first-order valence-corrected chi connectivity index (χ1v) is 8.93. The summed E-state index contributed by atoms with van der Waals surface area (Å²) >= 11 is 0. The standard InChI is InChI=1S/C16H28N4O4/c21-11-1-5-19(6-2-11)9-13-15(23)18-14(16(24)17-13)10-20-7-3-12(22)4-8-20/h11-14,21-22H,1-10H2,(H,17,24)(H,18,23)/t13-,14-/m0/s1. The topological polar surface area (TPSA) is 105 Å². The van der Waals surface area contributed by atoms with E-state index in [1.807, 2.05) is 0 Å². The highest BCUT2D eigenvalue weighted by molar-refractivity contribution is 5.97. The third kappa shape index (κ3) is 4.44. The normalized spacial score (nSPS) is 31.8. The second-order valence-corrected chi connectivity index (χ2v) is 7.19. The van der Waals surface area contributed by atoms with Crippen LogP contribution in [0.25, 0.3) is 0 Å². The zero-order chi connectivity index (χ0) is 17.1. The number of nitrogens with zero attached hydrogens (tertiary/aromatic N) is 2. The molecule has 0 bridgehead atoms. The van der Waals surface area contributed by atoms with Gasteiger partial charge >= 0.3 is 0 Å². The van der Waals surface area contributed by atoms with Crippen molar-refractivity contribution in [3.05, 3.63) is 0 Å². The van der Waals surface area contributed by atoms with Crippen molar-refractivity contribution in [2.75, 3.05) is 39.3 Å². The molecular weight excluding hydrogens is 312 g/mol.